The molecule has 1 aromatic carbocycles. The number of carbonyl (C=O) groups excluding carboxylic acids is 2. The zero-order chi connectivity index (χ0) is 30.0. The third-order valence-corrected chi connectivity index (χ3v) is 7.66. The third kappa shape index (κ3) is 6.29. The van der Waals surface area contributed by atoms with Gasteiger partial charge < -0.3 is 30.9 Å². The smallest absolute Gasteiger partial charge is 0.387 e. The number of benzene rings is 1. The van der Waals surface area contributed by atoms with Crippen LogP contribution >= 0.6 is 11.6 Å². The number of fused-ring (bicyclic) bond motifs is 1. The summed E-state index contributed by atoms with van der Waals surface area (Å²) in [6, 6.07) is 4.01. The largest absolute Gasteiger partial charge is 0.434 e. The van der Waals surface area contributed by atoms with Crippen molar-refractivity contribution in [1.82, 2.24) is 24.9 Å². The topological polar surface area (TPSA) is 154 Å². The number of amidine groups is 1. The maximum atomic E-state index is 13.3. The number of likely N-dealkylation sites (tertiary alicyclic amines) is 2. The highest BCUT2D eigenvalue weighted by Crippen LogP contribution is 2.37. The Morgan fingerprint density at radius 2 is 2.00 bits per heavy atom. The van der Waals surface area contributed by atoms with E-state index in [1.807, 2.05) is 4.90 Å². The standard InChI is InChI=1S/C27H30ClF2N9O3/c1-2-37-9-15-11-38(12-16(15)10-37)21(40)14-39-13-19(35-26(41)22(24(31)32)25-33-6-3-7-34-25)23(36-39)18-8-17(28)4-5-20(18)42-27(29)30/h3-8,13,15-16,27,33H,2,9-12,14H2,1H3,(H3,31,32)(H,35,41)/b25-22-. The average molecular weight is 602 g/mol. The Kier molecular flexibility index (Phi) is 8.54. The summed E-state index contributed by atoms with van der Waals surface area (Å²) in [6.07, 6.45) is 5.94. The number of carbonyl (C=O) groups is 2. The first kappa shape index (κ1) is 29.2. The molecule has 2 atom stereocenters. The molecule has 0 saturated carbocycles. The lowest BCUT2D eigenvalue weighted by atomic mass is 10.0. The van der Waals surface area contributed by atoms with Crippen LogP contribution in [-0.2, 0) is 16.1 Å². The number of ether oxygens (including phenoxy) is 1. The number of nitrogens with one attached hydrogen (secondary N) is 3. The average Bonchev–Trinajstić information content (AvgIpc) is 3.63. The van der Waals surface area contributed by atoms with E-state index in [1.165, 1.54) is 41.5 Å². The molecule has 0 aliphatic carbocycles. The van der Waals surface area contributed by atoms with Gasteiger partial charge in [0.1, 0.15) is 35.2 Å². The van der Waals surface area contributed by atoms with E-state index in [0.717, 1.165) is 19.6 Å². The SMILES string of the molecule is CCN1CC2CN(C(=O)Cn3cc(NC(=O)/C(C(=N)N)=C4\N=CC=CN4)c(-c4cc(Cl)ccc4OC(F)F)n3)CC2C1. The summed E-state index contributed by atoms with van der Waals surface area (Å²) >= 11 is 6.19. The highest BCUT2D eigenvalue weighted by atomic mass is 35.5. The molecule has 3 aliphatic rings. The van der Waals surface area contributed by atoms with E-state index in [1.54, 1.807) is 6.08 Å². The molecule has 4 heterocycles. The molecule has 1 aromatic heterocycles. The highest BCUT2D eigenvalue weighted by molar-refractivity contribution is 6.31. The first-order chi connectivity index (χ1) is 20.1. The lowest BCUT2D eigenvalue weighted by Crippen LogP contribution is -2.35. The zero-order valence-electron chi connectivity index (χ0n) is 22.7. The van der Waals surface area contributed by atoms with Gasteiger partial charge in [-0.3, -0.25) is 19.7 Å². The number of rotatable bonds is 9. The van der Waals surface area contributed by atoms with Gasteiger partial charge in [0.25, 0.3) is 5.91 Å². The van der Waals surface area contributed by atoms with Gasteiger partial charge in [0.15, 0.2) is 0 Å². The van der Waals surface area contributed by atoms with Gasteiger partial charge in [0.05, 0.1) is 5.69 Å². The Labute approximate surface area is 245 Å². The van der Waals surface area contributed by atoms with Crippen LogP contribution in [0.3, 0.4) is 0 Å². The van der Waals surface area contributed by atoms with Gasteiger partial charge in [0, 0.05) is 55.4 Å². The van der Waals surface area contributed by atoms with Gasteiger partial charge in [-0.05, 0) is 42.7 Å². The molecule has 15 heteroatoms. The second-order valence-electron chi connectivity index (χ2n) is 10.2. The second-order valence-corrected chi connectivity index (χ2v) is 10.6. The van der Waals surface area contributed by atoms with Gasteiger partial charge in [-0.1, -0.05) is 18.5 Å². The fraction of sp³-hybridized carbons (Fsp3) is 0.370. The van der Waals surface area contributed by atoms with Crippen LogP contribution in [0.25, 0.3) is 11.3 Å². The molecule has 0 radical (unpaired) electrons. The summed E-state index contributed by atoms with van der Waals surface area (Å²) in [7, 11) is 0. The monoisotopic (exact) mass is 601 g/mol. The van der Waals surface area contributed by atoms with Crippen molar-refractivity contribution in [2.75, 3.05) is 38.0 Å². The number of alkyl halides is 2. The Morgan fingerprint density at radius 3 is 2.62 bits per heavy atom. The summed E-state index contributed by atoms with van der Waals surface area (Å²) in [4.78, 5) is 34.9. The van der Waals surface area contributed by atoms with Crippen LogP contribution in [0.15, 0.2) is 53.1 Å². The van der Waals surface area contributed by atoms with Crippen molar-refractivity contribution >= 4 is 41.2 Å². The maximum absolute atomic E-state index is 13.3. The van der Waals surface area contributed by atoms with Crippen molar-refractivity contribution in [3.63, 3.8) is 0 Å². The van der Waals surface area contributed by atoms with E-state index >= 15 is 0 Å². The molecule has 5 rings (SSSR count). The molecule has 2 fully saturated rings. The molecule has 5 N–H and O–H groups in total. The van der Waals surface area contributed by atoms with Crippen LogP contribution < -0.4 is 21.1 Å². The summed E-state index contributed by atoms with van der Waals surface area (Å²) in [5.41, 5.74) is 5.59. The minimum absolute atomic E-state index is 0.0269. The Hall–Kier alpha value is -4.30. The normalized spacial score (nSPS) is 20.9. The molecule has 2 amide bonds. The lowest BCUT2D eigenvalue weighted by molar-refractivity contribution is -0.131. The van der Waals surface area contributed by atoms with Crippen molar-refractivity contribution in [1.29, 1.82) is 5.41 Å². The number of halogens is 3. The molecule has 0 bridgehead atoms. The van der Waals surface area contributed by atoms with Crippen LogP contribution in [0, 0.1) is 17.2 Å². The van der Waals surface area contributed by atoms with E-state index in [2.05, 4.69) is 32.5 Å². The molecule has 2 aromatic rings. The Morgan fingerprint density at radius 1 is 1.26 bits per heavy atom. The molecule has 2 unspecified atom stereocenters. The Balaban J connectivity index is 1.46. The van der Waals surface area contributed by atoms with E-state index in [-0.39, 0.29) is 51.6 Å². The number of amides is 2. The van der Waals surface area contributed by atoms with Crippen LogP contribution in [0.1, 0.15) is 6.92 Å². The third-order valence-electron chi connectivity index (χ3n) is 7.42. The summed E-state index contributed by atoms with van der Waals surface area (Å²) < 4.78 is 32.5. The number of hydrogen-bond acceptors (Lipinski definition) is 8. The van der Waals surface area contributed by atoms with E-state index in [0.29, 0.717) is 24.9 Å². The van der Waals surface area contributed by atoms with Gasteiger partial charge in [-0.25, -0.2) is 4.99 Å². The Bertz CT molecular complexity index is 1480. The number of allylic oxidation sites excluding steroid dienone is 1. The summed E-state index contributed by atoms with van der Waals surface area (Å²) in [6.45, 7) is 3.03. The first-order valence-electron chi connectivity index (χ1n) is 13.3. The minimum Gasteiger partial charge on any atom is -0.434 e. The molecule has 42 heavy (non-hydrogen) atoms. The van der Waals surface area contributed by atoms with E-state index in [4.69, 9.17) is 27.5 Å². The van der Waals surface area contributed by atoms with E-state index in [9.17, 15) is 18.4 Å². The van der Waals surface area contributed by atoms with Crippen LogP contribution in [0.5, 0.6) is 5.75 Å². The molecular weight excluding hydrogens is 572 g/mol. The second kappa shape index (κ2) is 12.3. The quantitative estimate of drug-likeness (QED) is 0.196. The first-order valence-corrected chi connectivity index (χ1v) is 13.7. The van der Waals surface area contributed by atoms with E-state index < -0.39 is 18.4 Å². The predicted octanol–water partition coefficient (Wildman–Crippen LogP) is 2.49. The van der Waals surface area contributed by atoms with Crippen LogP contribution in [-0.4, -0.2) is 82.8 Å². The van der Waals surface area contributed by atoms with Crippen LogP contribution in [0.2, 0.25) is 5.02 Å². The number of aromatic nitrogens is 2. The predicted molar refractivity (Wildman–Crippen MR) is 153 cm³/mol. The number of aliphatic imine (C=N–C) groups is 1. The molecule has 222 valence electrons. The van der Waals surface area contributed by atoms with Crippen molar-refractivity contribution in [3.05, 3.63) is 53.1 Å². The molecule has 12 nitrogen and oxygen atoms in total. The number of nitrogens with two attached hydrogens (primary N) is 1. The molecule has 2 saturated heterocycles. The van der Waals surface area contributed by atoms with Gasteiger partial charge in [-0.15, -0.1) is 0 Å². The highest BCUT2D eigenvalue weighted by Gasteiger charge is 2.41. The van der Waals surface area contributed by atoms with Crippen LogP contribution in [0.4, 0.5) is 14.5 Å². The lowest BCUT2D eigenvalue weighted by Gasteiger charge is -2.20. The fourth-order valence-electron chi connectivity index (χ4n) is 5.47. The molecular formula is C27H30ClF2N9O3. The van der Waals surface area contributed by atoms with Gasteiger partial charge in [0.2, 0.25) is 5.91 Å². The molecule has 0 spiro atoms. The zero-order valence-corrected chi connectivity index (χ0v) is 23.4. The number of nitrogens with zero attached hydrogens (tertiary/aromatic N) is 5. The summed E-state index contributed by atoms with van der Waals surface area (Å²) in [5, 5.41) is 18.0. The van der Waals surface area contributed by atoms with Gasteiger partial charge in [-0.2, -0.15) is 13.9 Å². The van der Waals surface area contributed by atoms with Gasteiger partial charge >= 0.3 is 6.61 Å². The fourth-order valence-corrected chi connectivity index (χ4v) is 5.65. The van der Waals surface area contributed by atoms with Crippen molar-refractivity contribution in [2.24, 2.45) is 22.6 Å². The van der Waals surface area contributed by atoms with Crippen molar-refractivity contribution in [3.8, 4) is 17.0 Å². The number of hydrogen-bond donors (Lipinski definition) is 4. The van der Waals surface area contributed by atoms with Crippen molar-refractivity contribution < 1.29 is 23.1 Å². The summed E-state index contributed by atoms with van der Waals surface area (Å²) in [5.74, 6) is -0.884. The molecule has 3 aliphatic heterocycles. The maximum Gasteiger partial charge on any atom is 0.387 e. The van der Waals surface area contributed by atoms with Crippen molar-refractivity contribution in [2.45, 2.75) is 20.1 Å². The minimum atomic E-state index is -3.14. The number of anilines is 1.